The number of amides is 1. The molecule has 0 bridgehead atoms. The van der Waals surface area contributed by atoms with Gasteiger partial charge in [0.25, 0.3) is 5.91 Å². The number of esters is 1. The van der Waals surface area contributed by atoms with Crippen LogP contribution < -0.4 is 5.32 Å². The number of hydrogen-bond acceptors (Lipinski definition) is 3. The first-order valence-electron chi connectivity index (χ1n) is 7.05. The van der Waals surface area contributed by atoms with Gasteiger partial charge in [-0.05, 0) is 31.9 Å². The van der Waals surface area contributed by atoms with Crippen LogP contribution >= 0.6 is 0 Å². The van der Waals surface area contributed by atoms with Gasteiger partial charge in [-0.1, -0.05) is 37.0 Å². The van der Waals surface area contributed by atoms with E-state index in [1.807, 2.05) is 25.1 Å². The molecule has 0 atom stereocenters. The molecule has 0 spiro atoms. The summed E-state index contributed by atoms with van der Waals surface area (Å²) in [5, 5.41) is 2.91. The molecule has 1 aliphatic carbocycles. The SMILES string of the molecule is COC(=O)C1(NC(=O)c2cccc(C)c2)CCCCC1. The molecule has 0 heterocycles. The lowest BCUT2D eigenvalue weighted by Crippen LogP contribution is -2.56. The van der Waals surface area contributed by atoms with Crippen LogP contribution in [0, 0.1) is 6.92 Å². The third kappa shape index (κ3) is 3.00. The summed E-state index contributed by atoms with van der Waals surface area (Å²) in [5.41, 5.74) is 0.751. The molecule has 0 aromatic heterocycles. The van der Waals surface area contributed by atoms with Crippen LogP contribution in [0.5, 0.6) is 0 Å². The van der Waals surface area contributed by atoms with Crippen LogP contribution in [0.3, 0.4) is 0 Å². The lowest BCUT2D eigenvalue weighted by molar-refractivity contribution is -0.149. The van der Waals surface area contributed by atoms with Crippen LogP contribution in [0.1, 0.15) is 48.0 Å². The topological polar surface area (TPSA) is 55.4 Å². The van der Waals surface area contributed by atoms with Gasteiger partial charge in [0, 0.05) is 5.56 Å². The number of rotatable bonds is 3. The van der Waals surface area contributed by atoms with E-state index in [0.29, 0.717) is 18.4 Å². The van der Waals surface area contributed by atoms with Crippen molar-refractivity contribution in [2.45, 2.75) is 44.6 Å². The zero-order valence-corrected chi connectivity index (χ0v) is 12.1. The predicted molar refractivity (Wildman–Crippen MR) is 76.5 cm³/mol. The summed E-state index contributed by atoms with van der Waals surface area (Å²) >= 11 is 0. The lowest BCUT2D eigenvalue weighted by Gasteiger charge is -2.35. The maximum Gasteiger partial charge on any atom is 0.331 e. The summed E-state index contributed by atoms with van der Waals surface area (Å²) < 4.78 is 4.90. The molecule has 1 aromatic carbocycles. The van der Waals surface area contributed by atoms with Crippen LogP contribution in [0.15, 0.2) is 24.3 Å². The molecule has 4 nitrogen and oxygen atoms in total. The minimum atomic E-state index is -0.853. The molecular formula is C16H21NO3. The van der Waals surface area contributed by atoms with Gasteiger partial charge in [0.15, 0.2) is 0 Å². The highest BCUT2D eigenvalue weighted by molar-refractivity contribution is 5.98. The zero-order valence-electron chi connectivity index (χ0n) is 12.1. The number of ether oxygens (including phenoxy) is 1. The second-order valence-corrected chi connectivity index (χ2v) is 5.46. The van der Waals surface area contributed by atoms with E-state index in [-0.39, 0.29) is 11.9 Å². The van der Waals surface area contributed by atoms with Gasteiger partial charge in [0.05, 0.1) is 7.11 Å². The first-order chi connectivity index (χ1) is 9.57. The quantitative estimate of drug-likeness (QED) is 0.863. The Labute approximate surface area is 119 Å². The van der Waals surface area contributed by atoms with E-state index in [9.17, 15) is 9.59 Å². The Morgan fingerprint density at radius 1 is 1.20 bits per heavy atom. The van der Waals surface area contributed by atoms with Gasteiger partial charge in [-0.2, -0.15) is 0 Å². The highest BCUT2D eigenvalue weighted by Gasteiger charge is 2.42. The van der Waals surface area contributed by atoms with Gasteiger partial charge in [-0.25, -0.2) is 4.79 Å². The number of benzene rings is 1. The van der Waals surface area contributed by atoms with Gasteiger partial charge in [-0.15, -0.1) is 0 Å². The highest BCUT2D eigenvalue weighted by Crippen LogP contribution is 2.29. The van der Waals surface area contributed by atoms with Crippen molar-refractivity contribution in [3.8, 4) is 0 Å². The van der Waals surface area contributed by atoms with Crippen molar-refractivity contribution in [1.82, 2.24) is 5.32 Å². The largest absolute Gasteiger partial charge is 0.467 e. The molecule has 2 rings (SSSR count). The summed E-state index contributed by atoms with van der Waals surface area (Å²) in [7, 11) is 1.37. The van der Waals surface area contributed by atoms with Gasteiger partial charge in [0.2, 0.25) is 0 Å². The van der Waals surface area contributed by atoms with E-state index < -0.39 is 5.54 Å². The molecule has 0 aliphatic heterocycles. The number of aryl methyl sites for hydroxylation is 1. The van der Waals surface area contributed by atoms with Crippen LogP contribution in [0.2, 0.25) is 0 Å². The van der Waals surface area contributed by atoms with E-state index in [1.54, 1.807) is 6.07 Å². The number of carbonyl (C=O) groups excluding carboxylic acids is 2. The van der Waals surface area contributed by atoms with Crippen LogP contribution in [0.25, 0.3) is 0 Å². The van der Waals surface area contributed by atoms with Crippen molar-refractivity contribution in [1.29, 1.82) is 0 Å². The van der Waals surface area contributed by atoms with E-state index in [0.717, 1.165) is 24.8 Å². The Bertz CT molecular complexity index is 504. The van der Waals surface area contributed by atoms with Gasteiger partial charge >= 0.3 is 5.97 Å². The standard InChI is InChI=1S/C16H21NO3/c1-12-7-6-8-13(11-12)14(18)17-16(15(19)20-2)9-4-3-5-10-16/h6-8,11H,3-5,9-10H2,1-2H3,(H,17,18). The van der Waals surface area contributed by atoms with Crippen molar-refractivity contribution in [3.63, 3.8) is 0 Å². The van der Waals surface area contributed by atoms with Crippen molar-refractivity contribution < 1.29 is 14.3 Å². The third-order valence-corrected chi connectivity index (χ3v) is 3.92. The van der Waals surface area contributed by atoms with Crippen molar-refractivity contribution in [3.05, 3.63) is 35.4 Å². The van der Waals surface area contributed by atoms with Crippen LogP contribution in [-0.4, -0.2) is 24.5 Å². The minimum Gasteiger partial charge on any atom is -0.467 e. The smallest absolute Gasteiger partial charge is 0.331 e. The van der Waals surface area contributed by atoms with Gasteiger partial charge in [0.1, 0.15) is 5.54 Å². The Morgan fingerprint density at radius 3 is 2.50 bits per heavy atom. The molecular weight excluding hydrogens is 254 g/mol. The monoisotopic (exact) mass is 275 g/mol. The average molecular weight is 275 g/mol. The summed E-state index contributed by atoms with van der Waals surface area (Å²) in [6, 6.07) is 7.36. The van der Waals surface area contributed by atoms with Gasteiger partial charge < -0.3 is 10.1 Å². The normalized spacial score (nSPS) is 17.3. The number of methoxy groups -OCH3 is 1. The minimum absolute atomic E-state index is 0.207. The van der Waals surface area contributed by atoms with Gasteiger partial charge in [-0.3, -0.25) is 4.79 Å². The number of nitrogens with one attached hydrogen (secondary N) is 1. The molecule has 1 amide bonds. The fourth-order valence-corrected chi connectivity index (χ4v) is 2.81. The molecule has 1 saturated carbocycles. The Morgan fingerprint density at radius 2 is 1.90 bits per heavy atom. The maximum atomic E-state index is 12.4. The summed E-state index contributed by atoms with van der Waals surface area (Å²) in [6.45, 7) is 1.94. The molecule has 1 N–H and O–H groups in total. The summed E-state index contributed by atoms with van der Waals surface area (Å²) in [5.74, 6) is -0.542. The van der Waals surface area contributed by atoms with Crippen LogP contribution in [-0.2, 0) is 9.53 Å². The molecule has 20 heavy (non-hydrogen) atoms. The first-order valence-corrected chi connectivity index (χ1v) is 7.05. The van der Waals surface area contributed by atoms with Crippen molar-refractivity contribution in [2.24, 2.45) is 0 Å². The number of hydrogen-bond donors (Lipinski definition) is 1. The second-order valence-electron chi connectivity index (χ2n) is 5.46. The Hall–Kier alpha value is -1.84. The molecule has 1 aliphatic rings. The second kappa shape index (κ2) is 6.07. The van der Waals surface area contributed by atoms with E-state index in [4.69, 9.17) is 4.74 Å². The van der Waals surface area contributed by atoms with E-state index in [1.165, 1.54) is 7.11 Å². The van der Waals surface area contributed by atoms with Crippen molar-refractivity contribution in [2.75, 3.05) is 7.11 Å². The Kier molecular flexibility index (Phi) is 4.42. The van der Waals surface area contributed by atoms with Crippen LogP contribution in [0.4, 0.5) is 0 Å². The Balaban J connectivity index is 2.19. The first kappa shape index (κ1) is 14.6. The molecule has 0 saturated heterocycles. The molecule has 0 unspecified atom stereocenters. The molecule has 1 aromatic rings. The summed E-state index contributed by atoms with van der Waals surface area (Å²) in [4.78, 5) is 24.5. The van der Waals surface area contributed by atoms with E-state index >= 15 is 0 Å². The predicted octanol–water partition coefficient (Wildman–Crippen LogP) is 2.60. The lowest BCUT2D eigenvalue weighted by atomic mass is 9.81. The number of carbonyl (C=O) groups is 2. The highest BCUT2D eigenvalue weighted by atomic mass is 16.5. The van der Waals surface area contributed by atoms with Crippen molar-refractivity contribution >= 4 is 11.9 Å². The third-order valence-electron chi connectivity index (χ3n) is 3.92. The molecule has 108 valence electrons. The molecule has 0 radical (unpaired) electrons. The maximum absolute atomic E-state index is 12.4. The fourth-order valence-electron chi connectivity index (χ4n) is 2.81. The average Bonchev–Trinajstić information content (AvgIpc) is 2.47. The molecule has 1 fully saturated rings. The zero-order chi connectivity index (χ0) is 14.6. The molecule has 4 heteroatoms. The summed E-state index contributed by atoms with van der Waals surface area (Å²) in [6.07, 6.45) is 4.26. The fraction of sp³-hybridized carbons (Fsp3) is 0.500. The van der Waals surface area contributed by atoms with E-state index in [2.05, 4.69) is 5.32 Å².